The highest BCUT2D eigenvalue weighted by atomic mass is 32.1. The van der Waals surface area contributed by atoms with Crippen molar-refractivity contribution in [3.63, 3.8) is 0 Å². The van der Waals surface area contributed by atoms with E-state index in [9.17, 15) is 9.59 Å². The number of ether oxygens (including phenoxy) is 3. The lowest BCUT2D eigenvalue weighted by Crippen LogP contribution is -2.36. The number of hydrogen-bond acceptors (Lipinski definition) is 9. The highest BCUT2D eigenvalue weighted by Crippen LogP contribution is 2.35. The molecular weight excluding hydrogens is 474 g/mol. The molecule has 8 nitrogen and oxygen atoms in total. The van der Waals surface area contributed by atoms with Gasteiger partial charge < -0.3 is 24.4 Å². The second kappa shape index (κ2) is 9.80. The Labute approximate surface area is 203 Å². The molecule has 1 amide bonds. The molecule has 0 radical (unpaired) electrons. The average molecular weight is 496 g/mol. The van der Waals surface area contributed by atoms with Crippen molar-refractivity contribution in [1.29, 1.82) is 0 Å². The Morgan fingerprint density at radius 2 is 1.71 bits per heavy atom. The van der Waals surface area contributed by atoms with Crippen LogP contribution in [0.25, 0.3) is 9.53 Å². The first-order valence-corrected chi connectivity index (χ1v) is 12.2. The van der Waals surface area contributed by atoms with Gasteiger partial charge in [0.1, 0.15) is 16.3 Å². The summed E-state index contributed by atoms with van der Waals surface area (Å²) in [6.45, 7) is 3.08. The number of carbonyl (C=O) groups is 2. The predicted octanol–water partition coefficient (Wildman–Crippen LogP) is 4.67. The molecule has 2 aromatic carbocycles. The van der Waals surface area contributed by atoms with E-state index in [4.69, 9.17) is 19.2 Å². The summed E-state index contributed by atoms with van der Waals surface area (Å²) in [6.07, 6.45) is 0. The number of esters is 1. The SMILES string of the molecule is COc1ccc(OC(=O)c2ccc(NC(=O)c3cc4sc(N5CCOCC5)nc4s3)cc2)cc1. The molecule has 1 fully saturated rings. The number of thiazole rings is 1. The fourth-order valence-corrected chi connectivity index (χ4v) is 5.58. The van der Waals surface area contributed by atoms with Gasteiger partial charge in [0.2, 0.25) is 0 Å². The molecule has 1 N–H and O–H groups in total. The number of carbonyl (C=O) groups excluding carboxylic acids is 2. The van der Waals surface area contributed by atoms with E-state index in [0.29, 0.717) is 40.8 Å². The fourth-order valence-electron chi connectivity index (χ4n) is 3.42. The van der Waals surface area contributed by atoms with Crippen LogP contribution in [-0.4, -0.2) is 50.3 Å². The van der Waals surface area contributed by atoms with Gasteiger partial charge in [0.15, 0.2) is 5.13 Å². The summed E-state index contributed by atoms with van der Waals surface area (Å²) in [7, 11) is 1.57. The zero-order valence-electron chi connectivity index (χ0n) is 18.3. The number of nitrogens with zero attached hydrogens (tertiary/aromatic N) is 2. The molecular formula is C24H21N3O5S2. The lowest BCUT2D eigenvalue weighted by molar-refractivity contribution is 0.0734. The summed E-state index contributed by atoms with van der Waals surface area (Å²) in [4.78, 5) is 33.5. The summed E-state index contributed by atoms with van der Waals surface area (Å²) < 4.78 is 16.9. The molecule has 0 bridgehead atoms. The van der Waals surface area contributed by atoms with Gasteiger partial charge in [-0.2, -0.15) is 0 Å². The smallest absolute Gasteiger partial charge is 0.343 e. The highest BCUT2D eigenvalue weighted by Gasteiger charge is 2.19. The van der Waals surface area contributed by atoms with E-state index in [1.54, 1.807) is 67.0 Å². The third-order valence-corrected chi connectivity index (χ3v) is 7.45. The number of amides is 1. The van der Waals surface area contributed by atoms with Crippen LogP contribution in [0.4, 0.5) is 10.8 Å². The minimum Gasteiger partial charge on any atom is -0.497 e. The number of hydrogen-bond donors (Lipinski definition) is 1. The maximum atomic E-state index is 12.7. The highest BCUT2D eigenvalue weighted by molar-refractivity contribution is 7.29. The molecule has 5 rings (SSSR count). The maximum absolute atomic E-state index is 12.7. The Balaban J connectivity index is 1.21. The second-order valence-corrected chi connectivity index (χ2v) is 9.51. The molecule has 3 heterocycles. The second-order valence-electron chi connectivity index (χ2n) is 7.47. The molecule has 34 heavy (non-hydrogen) atoms. The molecule has 1 aliphatic rings. The topological polar surface area (TPSA) is 90.0 Å². The van der Waals surface area contributed by atoms with Crippen molar-refractivity contribution < 1.29 is 23.8 Å². The molecule has 0 aliphatic carbocycles. The van der Waals surface area contributed by atoms with Gasteiger partial charge in [-0.1, -0.05) is 11.3 Å². The van der Waals surface area contributed by atoms with E-state index in [-0.39, 0.29) is 5.91 Å². The largest absolute Gasteiger partial charge is 0.497 e. The van der Waals surface area contributed by atoms with Crippen molar-refractivity contribution in [2.75, 3.05) is 43.6 Å². The summed E-state index contributed by atoms with van der Waals surface area (Å²) in [5.74, 6) is 0.408. The number of methoxy groups -OCH3 is 1. The van der Waals surface area contributed by atoms with Crippen molar-refractivity contribution in [3.05, 3.63) is 65.0 Å². The zero-order valence-corrected chi connectivity index (χ0v) is 19.9. The Bertz CT molecular complexity index is 1280. The number of fused-ring (bicyclic) bond motifs is 1. The first kappa shape index (κ1) is 22.3. The lowest BCUT2D eigenvalue weighted by Gasteiger charge is -2.25. The van der Waals surface area contributed by atoms with Crippen LogP contribution in [0.2, 0.25) is 0 Å². The minimum atomic E-state index is -0.483. The normalized spacial score (nSPS) is 13.6. The zero-order chi connectivity index (χ0) is 23.5. The number of thiophene rings is 1. The lowest BCUT2D eigenvalue weighted by atomic mass is 10.2. The number of aromatic nitrogens is 1. The molecule has 0 atom stereocenters. The van der Waals surface area contributed by atoms with Crippen molar-refractivity contribution in [2.45, 2.75) is 0 Å². The van der Waals surface area contributed by atoms with Gasteiger partial charge in [0, 0.05) is 18.8 Å². The molecule has 4 aromatic rings. The van der Waals surface area contributed by atoms with Gasteiger partial charge in [-0.05, 0) is 54.6 Å². The van der Waals surface area contributed by atoms with E-state index < -0.39 is 5.97 Å². The standard InChI is InChI=1S/C24H21N3O5S2/c1-30-17-6-8-18(9-7-17)32-23(29)15-2-4-16(5-3-15)25-21(28)19-14-20-22(33-19)26-24(34-20)27-10-12-31-13-11-27/h2-9,14H,10-13H2,1H3,(H,25,28). The van der Waals surface area contributed by atoms with Crippen molar-refractivity contribution >= 4 is 54.9 Å². The van der Waals surface area contributed by atoms with Gasteiger partial charge in [0.05, 0.1) is 35.5 Å². The number of morpholine rings is 1. The molecule has 0 spiro atoms. The first-order valence-electron chi connectivity index (χ1n) is 10.6. The summed E-state index contributed by atoms with van der Waals surface area (Å²) in [6, 6.07) is 15.2. The van der Waals surface area contributed by atoms with E-state index in [2.05, 4.69) is 10.2 Å². The minimum absolute atomic E-state index is 0.211. The van der Waals surface area contributed by atoms with Crippen LogP contribution in [0.3, 0.4) is 0 Å². The summed E-state index contributed by atoms with van der Waals surface area (Å²) >= 11 is 2.96. The fraction of sp³-hybridized carbons (Fsp3) is 0.208. The van der Waals surface area contributed by atoms with Crippen LogP contribution in [-0.2, 0) is 4.74 Å². The molecule has 10 heteroatoms. The van der Waals surface area contributed by atoms with Crippen LogP contribution in [0.1, 0.15) is 20.0 Å². The summed E-state index contributed by atoms with van der Waals surface area (Å²) in [5.41, 5.74) is 0.968. The Morgan fingerprint density at radius 3 is 2.38 bits per heavy atom. The van der Waals surface area contributed by atoms with Gasteiger partial charge in [-0.25, -0.2) is 9.78 Å². The summed E-state index contributed by atoms with van der Waals surface area (Å²) in [5, 5.41) is 3.84. The molecule has 174 valence electrons. The van der Waals surface area contributed by atoms with Crippen LogP contribution in [0, 0.1) is 0 Å². The maximum Gasteiger partial charge on any atom is 0.343 e. The monoisotopic (exact) mass is 495 g/mol. The van der Waals surface area contributed by atoms with Gasteiger partial charge in [0.25, 0.3) is 5.91 Å². The molecule has 1 aliphatic heterocycles. The van der Waals surface area contributed by atoms with Crippen LogP contribution >= 0.6 is 22.7 Å². The number of rotatable bonds is 6. The molecule has 2 aromatic heterocycles. The van der Waals surface area contributed by atoms with Gasteiger partial charge >= 0.3 is 5.97 Å². The third-order valence-electron chi connectivity index (χ3n) is 5.23. The average Bonchev–Trinajstić information content (AvgIpc) is 3.45. The Hall–Kier alpha value is -3.47. The van der Waals surface area contributed by atoms with E-state index in [1.165, 1.54) is 11.3 Å². The van der Waals surface area contributed by atoms with Gasteiger partial charge in [-0.15, -0.1) is 11.3 Å². The number of benzene rings is 2. The van der Waals surface area contributed by atoms with Crippen LogP contribution < -0.4 is 19.7 Å². The van der Waals surface area contributed by atoms with E-state index in [0.717, 1.165) is 27.8 Å². The number of anilines is 2. The molecule has 0 unspecified atom stereocenters. The van der Waals surface area contributed by atoms with Crippen LogP contribution in [0.15, 0.2) is 54.6 Å². The molecule has 0 saturated carbocycles. The third kappa shape index (κ3) is 4.89. The van der Waals surface area contributed by atoms with E-state index in [1.807, 2.05) is 6.07 Å². The molecule has 1 saturated heterocycles. The van der Waals surface area contributed by atoms with Crippen molar-refractivity contribution in [2.24, 2.45) is 0 Å². The predicted molar refractivity (Wildman–Crippen MR) is 133 cm³/mol. The Morgan fingerprint density at radius 1 is 1.00 bits per heavy atom. The number of nitrogens with one attached hydrogen (secondary N) is 1. The van der Waals surface area contributed by atoms with E-state index >= 15 is 0 Å². The van der Waals surface area contributed by atoms with Crippen LogP contribution in [0.5, 0.6) is 11.5 Å². The van der Waals surface area contributed by atoms with Gasteiger partial charge in [-0.3, -0.25) is 4.79 Å². The quantitative estimate of drug-likeness (QED) is 0.307. The van der Waals surface area contributed by atoms with Crippen molar-refractivity contribution in [3.8, 4) is 11.5 Å². The first-order chi connectivity index (χ1) is 16.6. The van der Waals surface area contributed by atoms with Crippen molar-refractivity contribution in [1.82, 2.24) is 4.98 Å². The Kier molecular flexibility index (Phi) is 6.43.